The minimum Gasteiger partial charge on any atom is -0.485 e. The molecular formula is C11H17N3O3. The molecule has 17 heavy (non-hydrogen) atoms. The van der Waals surface area contributed by atoms with E-state index in [4.69, 9.17) is 10.5 Å². The van der Waals surface area contributed by atoms with Gasteiger partial charge in [0.05, 0.1) is 4.92 Å². The Morgan fingerprint density at radius 3 is 2.71 bits per heavy atom. The van der Waals surface area contributed by atoms with Gasteiger partial charge in [-0.2, -0.15) is 0 Å². The maximum atomic E-state index is 10.8. The lowest BCUT2D eigenvalue weighted by atomic mass is 10.2. The monoisotopic (exact) mass is 239 g/mol. The predicted octanol–water partition coefficient (Wildman–Crippen LogP) is 0.994. The van der Waals surface area contributed by atoms with Crippen LogP contribution >= 0.6 is 0 Å². The molecule has 6 heteroatoms. The standard InChI is InChI=1S/C11H17N3O3/c1-13(2)5-6-17-11-7-9(8-12)3-4-10(11)14(15)16/h3-4,7H,5-6,8,12H2,1-2H3. The van der Waals surface area contributed by atoms with Gasteiger partial charge in [-0.3, -0.25) is 10.1 Å². The molecule has 0 radical (unpaired) electrons. The van der Waals surface area contributed by atoms with E-state index in [1.54, 1.807) is 12.1 Å². The minimum atomic E-state index is -0.453. The van der Waals surface area contributed by atoms with Crippen LogP contribution in [0.25, 0.3) is 0 Å². The highest BCUT2D eigenvalue weighted by atomic mass is 16.6. The summed E-state index contributed by atoms with van der Waals surface area (Å²) in [7, 11) is 3.82. The van der Waals surface area contributed by atoms with E-state index in [-0.39, 0.29) is 11.4 Å². The van der Waals surface area contributed by atoms with Crippen molar-refractivity contribution in [1.82, 2.24) is 4.90 Å². The molecular weight excluding hydrogens is 222 g/mol. The summed E-state index contributed by atoms with van der Waals surface area (Å²) in [5.41, 5.74) is 6.28. The van der Waals surface area contributed by atoms with Crippen molar-refractivity contribution in [3.05, 3.63) is 33.9 Å². The number of likely N-dealkylation sites (N-methyl/N-ethyl adjacent to an activating group) is 1. The summed E-state index contributed by atoms with van der Waals surface area (Å²) >= 11 is 0. The minimum absolute atomic E-state index is 0.0269. The van der Waals surface area contributed by atoms with Crippen molar-refractivity contribution < 1.29 is 9.66 Å². The van der Waals surface area contributed by atoms with Crippen molar-refractivity contribution in [3.63, 3.8) is 0 Å². The molecule has 0 aliphatic carbocycles. The van der Waals surface area contributed by atoms with Crippen LogP contribution in [0.3, 0.4) is 0 Å². The molecule has 1 aromatic carbocycles. The van der Waals surface area contributed by atoms with E-state index in [2.05, 4.69) is 0 Å². The Morgan fingerprint density at radius 2 is 2.18 bits per heavy atom. The van der Waals surface area contributed by atoms with Crippen molar-refractivity contribution in [2.24, 2.45) is 5.73 Å². The highest BCUT2D eigenvalue weighted by molar-refractivity contribution is 5.48. The molecule has 0 saturated heterocycles. The van der Waals surface area contributed by atoms with Gasteiger partial charge < -0.3 is 15.4 Å². The molecule has 0 bridgehead atoms. The van der Waals surface area contributed by atoms with Gasteiger partial charge >= 0.3 is 5.69 Å². The van der Waals surface area contributed by atoms with E-state index in [9.17, 15) is 10.1 Å². The van der Waals surface area contributed by atoms with Crippen molar-refractivity contribution in [1.29, 1.82) is 0 Å². The lowest BCUT2D eigenvalue weighted by Crippen LogP contribution is -2.19. The SMILES string of the molecule is CN(C)CCOc1cc(CN)ccc1[N+](=O)[O-]. The molecule has 0 atom stereocenters. The first-order chi connectivity index (χ1) is 8.04. The zero-order valence-electron chi connectivity index (χ0n) is 10.0. The molecule has 0 spiro atoms. The third kappa shape index (κ3) is 4.01. The summed E-state index contributed by atoms with van der Waals surface area (Å²) < 4.78 is 5.41. The number of nitro groups is 1. The van der Waals surface area contributed by atoms with Crippen LogP contribution in [0.15, 0.2) is 18.2 Å². The largest absolute Gasteiger partial charge is 0.485 e. The fraction of sp³-hybridized carbons (Fsp3) is 0.455. The van der Waals surface area contributed by atoms with Gasteiger partial charge in [-0.05, 0) is 25.7 Å². The summed E-state index contributed by atoms with van der Waals surface area (Å²) in [5, 5.41) is 10.8. The maximum Gasteiger partial charge on any atom is 0.310 e. The van der Waals surface area contributed by atoms with E-state index in [0.29, 0.717) is 19.7 Å². The third-order valence-electron chi connectivity index (χ3n) is 2.25. The molecule has 0 amide bonds. The first kappa shape index (κ1) is 13.4. The van der Waals surface area contributed by atoms with Crippen LogP contribution < -0.4 is 10.5 Å². The molecule has 0 heterocycles. The van der Waals surface area contributed by atoms with E-state index in [1.807, 2.05) is 19.0 Å². The number of ether oxygens (including phenoxy) is 1. The molecule has 2 N–H and O–H groups in total. The van der Waals surface area contributed by atoms with Gasteiger partial charge in [0, 0.05) is 19.2 Å². The lowest BCUT2D eigenvalue weighted by Gasteiger charge is -2.11. The highest BCUT2D eigenvalue weighted by Gasteiger charge is 2.15. The Labute approximate surface area is 100 Å². The highest BCUT2D eigenvalue weighted by Crippen LogP contribution is 2.27. The second kappa shape index (κ2) is 6.17. The molecule has 94 valence electrons. The summed E-state index contributed by atoms with van der Waals surface area (Å²) in [5.74, 6) is 0.278. The second-order valence-electron chi connectivity index (χ2n) is 3.92. The Balaban J connectivity index is 2.82. The van der Waals surface area contributed by atoms with Crippen LogP contribution in [0.2, 0.25) is 0 Å². The van der Waals surface area contributed by atoms with Gasteiger partial charge in [0.25, 0.3) is 0 Å². The van der Waals surface area contributed by atoms with Gasteiger partial charge in [-0.1, -0.05) is 6.07 Å². The van der Waals surface area contributed by atoms with Crippen LogP contribution in [0.4, 0.5) is 5.69 Å². The molecule has 0 fully saturated rings. The van der Waals surface area contributed by atoms with Crippen molar-refractivity contribution in [3.8, 4) is 5.75 Å². The van der Waals surface area contributed by atoms with Crippen LogP contribution in [-0.4, -0.2) is 37.1 Å². The first-order valence-corrected chi connectivity index (χ1v) is 5.29. The van der Waals surface area contributed by atoms with Gasteiger partial charge in [-0.15, -0.1) is 0 Å². The average Bonchev–Trinajstić information content (AvgIpc) is 2.28. The van der Waals surface area contributed by atoms with Crippen LogP contribution in [0.1, 0.15) is 5.56 Å². The number of nitrogens with two attached hydrogens (primary N) is 1. The average molecular weight is 239 g/mol. The third-order valence-corrected chi connectivity index (χ3v) is 2.25. The second-order valence-corrected chi connectivity index (χ2v) is 3.92. The predicted molar refractivity (Wildman–Crippen MR) is 65.0 cm³/mol. The van der Waals surface area contributed by atoms with Crippen molar-refractivity contribution in [2.75, 3.05) is 27.2 Å². The summed E-state index contributed by atoms with van der Waals surface area (Å²) in [6, 6.07) is 4.68. The maximum absolute atomic E-state index is 10.8. The number of hydrogen-bond acceptors (Lipinski definition) is 5. The topological polar surface area (TPSA) is 81.6 Å². The van der Waals surface area contributed by atoms with E-state index >= 15 is 0 Å². The van der Waals surface area contributed by atoms with Crippen molar-refractivity contribution in [2.45, 2.75) is 6.54 Å². The smallest absolute Gasteiger partial charge is 0.310 e. The number of nitrogens with zero attached hydrogens (tertiary/aromatic N) is 2. The Hall–Kier alpha value is -1.66. The molecule has 1 rings (SSSR count). The molecule has 0 saturated carbocycles. The van der Waals surface area contributed by atoms with Gasteiger partial charge in [0.1, 0.15) is 6.61 Å². The Morgan fingerprint density at radius 1 is 1.47 bits per heavy atom. The van der Waals surface area contributed by atoms with Gasteiger partial charge in [0.2, 0.25) is 0 Å². The van der Waals surface area contributed by atoms with Gasteiger partial charge in [0.15, 0.2) is 5.75 Å². The summed E-state index contributed by atoms with van der Waals surface area (Å²) in [6.07, 6.45) is 0. The molecule has 0 unspecified atom stereocenters. The van der Waals surface area contributed by atoms with Crippen molar-refractivity contribution >= 4 is 5.69 Å². The Bertz CT molecular complexity index is 394. The van der Waals surface area contributed by atoms with E-state index in [1.165, 1.54) is 6.07 Å². The molecule has 0 aliphatic rings. The number of hydrogen-bond donors (Lipinski definition) is 1. The number of benzene rings is 1. The molecule has 1 aromatic rings. The molecule has 0 aliphatic heterocycles. The van der Waals surface area contributed by atoms with Gasteiger partial charge in [-0.25, -0.2) is 0 Å². The normalized spacial score (nSPS) is 10.6. The summed E-state index contributed by atoms with van der Waals surface area (Å²) in [6.45, 7) is 1.44. The fourth-order valence-corrected chi connectivity index (χ4v) is 1.29. The molecule has 0 aromatic heterocycles. The quantitative estimate of drug-likeness (QED) is 0.591. The van der Waals surface area contributed by atoms with Crippen LogP contribution in [0.5, 0.6) is 5.75 Å². The van der Waals surface area contributed by atoms with Crippen LogP contribution in [0, 0.1) is 10.1 Å². The van der Waals surface area contributed by atoms with Crippen LogP contribution in [-0.2, 0) is 6.54 Å². The summed E-state index contributed by atoms with van der Waals surface area (Å²) in [4.78, 5) is 12.3. The van der Waals surface area contributed by atoms with E-state index in [0.717, 1.165) is 5.56 Å². The first-order valence-electron chi connectivity index (χ1n) is 5.29. The number of rotatable bonds is 6. The lowest BCUT2D eigenvalue weighted by molar-refractivity contribution is -0.385. The Kier molecular flexibility index (Phi) is 4.86. The zero-order valence-corrected chi connectivity index (χ0v) is 10.0. The number of nitro benzene ring substituents is 1. The zero-order chi connectivity index (χ0) is 12.8. The molecule has 6 nitrogen and oxygen atoms in total. The van der Waals surface area contributed by atoms with E-state index < -0.39 is 4.92 Å². The fourth-order valence-electron chi connectivity index (χ4n) is 1.29.